The molecule has 0 spiro atoms. The molecule has 4 heteroatoms. The van der Waals surface area contributed by atoms with Crippen molar-refractivity contribution in [3.8, 4) is 11.1 Å². The van der Waals surface area contributed by atoms with E-state index in [2.05, 4.69) is 5.16 Å². The minimum Gasteiger partial charge on any atom is -0.312 e. The Hall–Kier alpha value is -3.50. The molecule has 0 amide bonds. The predicted molar refractivity (Wildman–Crippen MR) is 118 cm³/mol. The molecule has 0 N–H and O–H groups in total. The molecule has 0 saturated carbocycles. The van der Waals surface area contributed by atoms with Crippen LogP contribution >= 0.6 is 11.3 Å². The highest BCUT2D eigenvalue weighted by molar-refractivity contribution is 7.12. The van der Waals surface area contributed by atoms with Gasteiger partial charge in [0.25, 0.3) is 0 Å². The van der Waals surface area contributed by atoms with Crippen LogP contribution in [0.15, 0.2) is 108 Å². The summed E-state index contributed by atoms with van der Waals surface area (Å²) in [6.07, 6.45) is 0.599. The molecule has 0 saturated heterocycles. The van der Waals surface area contributed by atoms with Crippen molar-refractivity contribution >= 4 is 23.0 Å². The zero-order valence-electron chi connectivity index (χ0n) is 15.7. The molecule has 0 fully saturated rings. The lowest BCUT2D eigenvalue weighted by molar-refractivity contribution is 0.0516. The molecule has 4 rings (SSSR count). The van der Waals surface area contributed by atoms with Gasteiger partial charge in [-0.3, -0.25) is 0 Å². The number of rotatable bonds is 6. The lowest BCUT2D eigenvalue weighted by atomic mass is 10.0. The number of hydrogen-bond acceptors (Lipinski definition) is 4. The summed E-state index contributed by atoms with van der Waals surface area (Å²) in [6, 6.07) is 31.4. The van der Waals surface area contributed by atoms with Crippen LogP contribution in [0.25, 0.3) is 11.1 Å². The predicted octanol–water partition coefficient (Wildman–Crippen LogP) is 6.22. The summed E-state index contributed by atoms with van der Waals surface area (Å²) in [6.45, 7) is 0. The Morgan fingerprint density at radius 1 is 0.759 bits per heavy atom. The van der Waals surface area contributed by atoms with Crippen molar-refractivity contribution in [2.24, 2.45) is 5.16 Å². The minimum atomic E-state index is -0.466. The smallest absolute Gasteiger partial charge is 0.312 e. The number of nitrogens with zero attached hydrogens (tertiary/aromatic N) is 1. The summed E-state index contributed by atoms with van der Waals surface area (Å²) in [5.41, 5.74) is 4.48. The second-order valence-electron chi connectivity index (χ2n) is 6.50. The van der Waals surface area contributed by atoms with Gasteiger partial charge in [0.1, 0.15) is 5.71 Å². The third kappa shape index (κ3) is 4.86. The van der Waals surface area contributed by atoms with Crippen LogP contribution in [-0.4, -0.2) is 11.7 Å². The van der Waals surface area contributed by atoms with Crippen LogP contribution in [-0.2, 0) is 11.3 Å². The molecule has 0 aliphatic rings. The van der Waals surface area contributed by atoms with Gasteiger partial charge in [0.15, 0.2) is 0 Å². The number of oxime groups is 1. The lowest BCUT2D eigenvalue weighted by Gasteiger charge is -2.06. The van der Waals surface area contributed by atoms with E-state index in [-0.39, 0.29) is 0 Å². The Morgan fingerprint density at radius 2 is 1.41 bits per heavy atom. The summed E-state index contributed by atoms with van der Waals surface area (Å²) in [5, 5.41) is 6.18. The van der Waals surface area contributed by atoms with E-state index < -0.39 is 5.97 Å². The quantitative estimate of drug-likeness (QED) is 0.220. The van der Waals surface area contributed by atoms with E-state index in [1.165, 1.54) is 0 Å². The van der Waals surface area contributed by atoms with E-state index in [0.717, 1.165) is 27.3 Å². The van der Waals surface area contributed by atoms with Crippen molar-refractivity contribution in [2.75, 3.05) is 0 Å². The molecule has 3 aromatic carbocycles. The van der Waals surface area contributed by atoms with Gasteiger partial charge < -0.3 is 4.84 Å². The topological polar surface area (TPSA) is 38.7 Å². The maximum absolute atomic E-state index is 12.5. The van der Waals surface area contributed by atoms with E-state index in [1.54, 1.807) is 23.5 Å². The fourth-order valence-corrected chi connectivity index (χ4v) is 3.68. The number of hydrogen-bond donors (Lipinski definition) is 0. The molecule has 0 aliphatic carbocycles. The molecule has 0 atom stereocenters. The molecule has 4 aromatic rings. The molecular formula is C25H19NO2S. The van der Waals surface area contributed by atoms with E-state index in [9.17, 15) is 4.79 Å². The number of benzene rings is 3. The van der Waals surface area contributed by atoms with Gasteiger partial charge in [0.2, 0.25) is 0 Å². The standard InChI is InChI=1S/C25H19NO2S/c27-25(22-15-13-21(14-16-22)20-10-5-2-6-11-20)28-26-23(24-12-7-17-29-24)18-19-8-3-1-4-9-19/h1-17H,18H2/b26-23+. The summed E-state index contributed by atoms with van der Waals surface area (Å²) in [5.74, 6) is -0.466. The Labute approximate surface area is 173 Å². The molecule has 0 radical (unpaired) electrons. The van der Waals surface area contributed by atoms with Crippen molar-refractivity contribution in [2.45, 2.75) is 6.42 Å². The van der Waals surface area contributed by atoms with Crippen LogP contribution in [0, 0.1) is 0 Å². The third-order valence-corrected chi connectivity index (χ3v) is 5.41. The first-order valence-corrected chi connectivity index (χ1v) is 10.2. The number of carbonyl (C=O) groups is 1. The SMILES string of the molecule is O=C(O/N=C(\Cc1ccccc1)c1cccs1)c1ccc(-c2ccccc2)cc1. The normalized spacial score (nSPS) is 11.2. The third-order valence-electron chi connectivity index (χ3n) is 4.49. The van der Waals surface area contributed by atoms with E-state index in [1.807, 2.05) is 90.3 Å². The molecule has 0 bridgehead atoms. The average Bonchev–Trinajstić information content (AvgIpc) is 3.33. The Kier molecular flexibility index (Phi) is 5.93. The first-order chi connectivity index (χ1) is 14.3. The highest BCUT2D eigenvalue weighted by Gasteiger charge is 2.11. The van der Waals surface area contributed by atoms with Gasteiger partial charge in [-0.25, -0.2) is 4.79 Å². The molecule has 142 valence electrons. The van der Waals surface area contributed by atoms with Crippen molar-refractivity contribution < 1.29 is 9.63 Å². The maximum atomic E-state index is 12.5. The molecule has 29 heavy (non-hydrogen) atoms. The Balaban J connectivity index is 1.50. The maximum Gasteiger partial charge on any atom is 0.365 e. The van der Waals surface area contributed by atoms with Gasteiger partial charge >= 0.3 is 5.97 Å². The van der Waals surface area contributed by atoms with Gasteiger partial charge in [-0.2, -0.15) is 0 Å². The summed E-state index contributed by atoms with van der Waals surface area (Å²) in [4.78, 5) is 18.8. The Morgan fingerprint density at radius 3 is 2.07 bits per heavy atom. The first-order valence-electron chi connectivity index (χ1n) is 9.31. The minimum absolute atomic E-state index is 0.466. The molecular weight excluding hydrogens is 378 g/mol. The van der Waals surface area contributed by atoms with Crippen LogP contribution in [0.5, 0.6) is 0 Å². The fraction of sp³-hybridized carbons (Fsp3) is 0.0400. The molecule has 0 unspecified atom stereocenters. The van der Waals surface area contributed by atoms with Crippen LogP contribution < -0.4 is 0 Å². The van der Waals surface area contributed by atoms with Crippen LogP contribution in [0.4, 0.5) is 0 Å². The number of thiophene rings is 1. The monoisotopic (exact) mass is 397 g/mol. The van der Waals surface area contributed by atoms with Crippen molar-refractivity contribution in [3.63, 3.8) is 0 Å². The van der Waals surface area contributed by atoms with E-state index in [4.69, 9.17) is 4.84 Å². The first kappa shape index (κ1) is 18.8. The lowest BCUT2D eigenvalue weighted by Crippen LogP contribution is -2.08. The van der Waals surface area contributed by atoms with E-state index in [0.29, 0.717) is 12.0 Å². The van der Waals surface area contributed by atoms with Crippen LogP contribution in [0.1, 0.15) is 20.8 Å². The van der Waals surface area contributed by atoms with Gasteiger partial charge in [-0.05, 0) is 40.3 Å². The van der Waals surface area contributed by atoms with E-state index >= 15 is 0 Å². The zero-order chi connectivity index (χ0) is 19.9. The summed E-state index contributed by atoms with van der Waals surface area (Å²) < 4.78 is 0. The summed E-state index contributed by atoms with van der Waals surface area (Å²) >= 11 is 1.58. The highest BCUT2D eigenvalue weighted by Crippen LogP contribution is 2.20. The zero-order valence-corrected chi connectivity index (χ0v) is 16.5. The van der Waals surface area contributed by atoms with Gasteiger partial charge in [-0.15, -0.1) is 11.3 Å². The number of carbonyl (C=O) groups excluding carboxylic acids is 1. The summed E-state index contributed by atoms with van der Waals surface area (Å²) in [7, 11) is 0. The Bertz CT molecular complexity index is 1090. The molecule has 0 aliphatic heterocycles. The molecule has 1 heterocycles. The van der Waals surface area contributed by atoms with Crippen molar-refractivity contribution in [1.29, 1.82) is 0 Å². The van der Waals surface area contributed by atoms with Gasteiger partial charge in [0.05, 0.1) is 10.4 Å². The van der Waals surface area contributed by atoms with Crippen LogP contribution in [0.2, 0.25) is 0 Å². The second kappa shape index (κ2) is 9.13. The van der Waals surface area contributed by atoms with Crippen LogP contribution in [0.3, 0.4) is 0 Å². The average molecular weight is 397 g/mol. The largest absolute Gasteiger partial charge is 0.365 e. The van der Waals surface area contributed by atoms with Gasteiger partial charge in [-0.1, -0.05) is 84.0 Å². The molecule has 3 nitrogen and oxygen atoms in total. The fourth-order valence-electron chi connectivity index (χ4n) is 2.97. The van der Waals surface area contributed by atoms with Crippen molar-refractivity contribution in [3.05, 3.63) is 118 Å². The highest BCUT2D eigenvalue weighted by atomic mass is 32.1. The van der Waals surface area contributed by atoms with Gasteiger partial charge in [0, 0.05) is 6.42 Å². The second-order valence-corrected chi connectivity index (χ2v) is 7.45. The molecule has 1 aromatic heterocycles. The van der Waals surface area contributed by atoms with Crippen molar-refractivity contribution in [1.82, 2.24) is 0 Å².